The van der Waals surface area contributed by atoms with Gasteiger partial charge in [-0.25, -0.2) is 6.07 Å². The summed E-state index contributed by atoms with van der Waals surface area (Å²) in [5, 5.41) is 1.28. The topological polar surface area (TPSA) is 38.7 Å². The minimum absolute atomic E-state index is 0. The Hall–Kier alpha value is -2.85. The van der Waals surface area contributed by atoms with Gasteiger partial charge in [-0.3, -0.25) is 33.2 Å². The van der Waals surface area contributed by atoms with Crippen molar-refractivity contribution < 1.29 is 52.8 Å². The molecule has 0 aliphatic carbocycles. The van der Waals surface area contributed by atoms with E-state index in [0.717, 1.165) is 39.3 Å². The molecule has 2 aromatic heterocycles. The fourth-order valence-electron chi connectivity index (χ4n) is 4.02. The molecule has 0 bridgehead atoms. The van der Waals surface area contributed by atoms with Gasteiger partial charge in [-0.05, 0) is 11.3 Å². The van der Waals surface area contributed by atoms with E-state index < -0.39 is 8.07 Å². The van der Waals surface area contributed by atoms with Crippen molar-refractivity contribution in [2.75, 3.05) is 0 Å². The molecule has 6 rings (SSSR count). The SMILES string of the molecule is C[Si](C)(C)c1cnc(-c2[c-]cccc2)nc1.[B].[Ir].[Y].[c-]1ccc(-c2[c-]cc(-c3ccccc3)cc2)[c-]c1-c1ccccn1. The van der Waals surface area contributed by atoms with Gasteiger partial charge in [0.05, 0.1) is 13.9 Å². The maximum atomic E-state index is 4.41. The van der Waals surface area contributed by atoms with Gasteiger partial charge >= 0.3 is 0 Å². The van der Waals surface area contributed by atoms with Crippen molar-refractivity contribution in [1.82, 2.24) is 15.0 Å². The van der Waals surface area contributed by atoms with Crippen LogP contribution in [0.4, 0.5) is 0 Å². The molecule has 0 N–H and O–H groups in total. The molecule has 6 aromatic rings. The Bertz CT molecular complexity index is 1650. The van der Waals surface area contributed by atoms with Crippen LogP contribution >= 0.6 is 0 Å². The first-order valence-electron chi connectivity index (χ1n) is 13.2. The summed E-state index contributed by atoms with van der Waals surface area (Å²) < 4.78 is 0. The fraction of sp³-hybridized carbons (Fsp3) is 0.0833. The van der Waals surface area contributed by atoms with Crippen LogP contribution in [0, 0.1) is 24.3 Å². The molecule has 0 amide bonds. The molecule has 2 heterocycles. The van der Waals surface area contributed by atoms with Crippen molar-refractivity contribution in [3.8, 4) is 44.9 Å². The van der Waals surface area contributed by atoms with Gasteiger partial charge in [0, 0.05) is 79.8 Å². The summed E-state index contributed by atoms with van der Waals surface area (Å²) in [7, 11) is -1.29. The van der Waals surface area contributed by atoms with Crippen molar-refractivity contribution in [2.24, 2.45) is 0 Å². The molecule has 211 valence electrons. The maximum Gasteiger partial charge on any atom is 0.0815 e. The number of rotatable bonds is 5. The minimum atomic E-state index is -1.29. The second kappa shape index (κ2) is 17.4. The van der Waals surface area contributed by atoms with Crippen LogP contribution in [0.15, 0.2) is 122 Å². The number of nitrogens with zero attached hydrogens (tertiary/aromatic N) is 3. The Morgan fingerprint density at radius 1 is 0.605 bits per heavy atom. The number of benzene rings is 4. The van der Waals surface area contributed by atoms with Gasteiger partial charge in [0.2, 0.25) is 0 Å². The molecule has 4 aromatic carbocycles. The van der Waals surface area contributed by atoms with E-state index in [4.69, 9.17) is 0 Å². The first-order valence-corrected chi connectivity index (χ1v) is 16.7. The Morgan fingerprint density at radius 3 is 1.93 bits per heavy atom. The van der Waals surface area contributed by atoms with Crippen molar-refractivity contribution in [2.45, 2.75) is 19.6 Å². The molecule has 43 heavy (non-hydrogen) atoms. The van der Waals surface area contributed by atoms with Crippen LogP contribution in [-0.2, 0) is 52.8 Å². The van der Waals surface area contributed by atoms with Gasteiger partial charge in [-0.1, -0.05) is 72.9 Å². The molecule has 5 radical (unpaired) electrons. The molecular formula is C36H29BIrN3SiY-4. The summed E-state index contributed by atoms with van der Waals surface area (Å²) in [6.45, 7) is 6.88. The van der Waals surface area contributed by atoms with E-state index in [-0.39, 0.29) is 61.2 Å². The largest absolute Gasteiger partial charge is 0.352 e. The average molecular weight is 824 g/mol. The monoisotopic (exact) mass is 824 g/mol. The number of aromatic nitrogens is 3. The first-order chi connectivity index (χ1) is 19.5. The number of hydrogen-bond donors (Lipinski definition) is 0. The van der Waals surface area contributed by atoms with Crippen molar-refractivity contribution >= 4 is 21.7 Å². The molecule has 0 spiro atoms. The van der Waals surface area contributed by atoms with Crippen LogP contribution in [0.3, 0.4) is 0 Å². The summed E-state index contributed by atoms with van der Waals surface area (Å²) in [4.78, 5) is 13.2. The molecule has 0 saturated carbocycles. The predicted molar refractivity (Wildman–Crippen MR) is 172 cm³/mol. The average Bonchev–Trinajstić information content (AvgIpc) is 3.02. The van der Waals surface area contributed by atoms with Crippen LogP contribution in [0.5, 0.6) is 0 Å². The van der Waals surface area contributed by atoms with Crippen LogP contribution in [-0.4, -0.2) is 31.4 Å². The summed E-state index contributed by atoms with van der Waals surface area (Å²) >= 11 is 0. The Morgan fingerprint density at radius 2 is 1.33 bits per heavy atom. The summed E-state index contributed by atoms with van der Waals surface area (Å²) in [5.74, 6) is 0.752. The third kappa shape index (κ3) is 10.1. The zero-order valence-electron chi connectivity index (χ0n) is 24.4. The predicted octanol–water partition coefficient (Wildman–Crippen LogP) is 7.59. The quantitative estimate of drug-likeness (QED) is 0.133. The third-order valence-electron chi connectivity index (χ3n) is 6.34. The summed E-state index contributed by atoms with van der Waals surface area (Å²) in [6.07, 6.45) is 5.69. The van der Waals surface area contributed by atoms with Gasteiger partial charge in [0.1, 0.15) is 0 Å². The number of pyridine rings is 1. The van der Waals surface area contributed by atoms with E-state index in [1.54, 1.807) is 6.20 Å². The van der Waals surface area contributed by atoms with E-state index in [0.29, 0.717) is 0 Å². The van der Waals surface area contributed by atoms with Crippen LogP contribution < -0.4 is 5.19 Å². The molecular weight excluding hydrogens is 794 g/mol. The Labute approximate surface area is 297 Å². The third-order valence-corrected chi connectivity index (χ3v) is 8.33. The molecule has 0 saturated heterocycles. The van der Waals surface area contributed by atoms with Crippen LogP contribution in [0.25, 0.3) is 44.9 Å². The normalized spacial score (nSPS) is 10.1. The van der Waals surface area contributed by atoms with Gasteiger partial charge in [0.15, 0.2) is 0 Å². The van der Waals surface area contributed by atoms with Gasteiger partial charge < -0.3 is 11.1 Å². The molecule has 3 nitrogen and oxygen atoms in total. The van der Waals surface area contributed by atoms with E-state index in [1.165, 1.54) is 10.8 Å². The van der Waals surface area contributed by atoms with E-state index >= 15 is 0 Å². The zero-order chi connectivity index (χ0) is 27.8. The molecule has 0 fully saturated rings. The first kappa shape index (κ1) is 36.3. The minimum Gasteiger partial charge on any atom is -0.352 e. The second-order valence-electron chi connectivity index (χ2n) is 10.3. The van der Waals surface area contributed by atoms with E-state index in [2.05, 4.69) is 83.1 Å². The summed E-state index contributed by atoms with van der Waals surface area (Å²) in [6, 6.07) is 47.1. The summed E-state index contributed by atoms with van der Waals surface area (Å²) in [5.41, 5.74) is 7.06. The molecule has 0 aliphatic rings. The zero-order valence-corrected chi connectivity index (χ0v) is 30.6. The van der Waals surface area contributed by atoms with Crippen molar-refractivity contribution in [3.05, 3.63) is 146 Å². The van der Waals surface area contributed by atoms with Gasteiger partial charge in [-0.2, -0.15) is 5.56 Å². The van der Waals surface area contributed by atoms with E-state index in [1.807, 2.05) is 91.3 Å². The molecule has 0 aliphatic heterocycles. The van der Waals surface area contributed by atoms with Crippen molar-refractivity contribution in [1.29, 1.82) is 0 Å². The van der Waals surface area contributed by atoms with Gasteiger partial charge in [-0.15, -0.1) is 66.2 Å². The van der Waals surface area contributed by atoms with Gasteiger partial charge in [0.25, 0.3) is 0 Å². The number of hydrogen-bond acceptors (Lipinski definition) is 3. The standard InChI is InChI=1S/C23H14N.C13H15N2Si.B.Ir.Y/c1-2-7-18(8-3-1)19-12-14-20(15-13-19)21-9-6-10-22(17-21)23-11-4-5-16-24-23;1-16(2,3)12-9-14-13(15-10-12)11-7-5-4-6-8-11;;;/h1-9,11-14,16H;4-7,9-10H,1-3H3;;;/q-3;-1;;;. The van der Waals surface area contributed by atoms with E-state index in [9.17, 15) is 0 Å². The fourth-order valence-corrected chi connectivity index (χ4v) is 4.92. The van der Waals surface area contributed by atoms with Crippen molar-refractivity contribution in [3.63, 3.8) is 0 Å². The second-order valence-corrected chi connectivity index (χ2v) is 15.4. The Balaban J connectivity index is 0.000000301. The molecule has 0 unspecified atom stereocenters. The van der Waals surface area contributed by atoms with Crippen LogP contribution in [0.2, 0.25) is 19.6 Å². The molecule has 7 heteroatoms. The van der Waals surface area contributed by atoms with Crippen LogP contribution in [0.1, 0.15) is 0 Å². The molecule has 0 atom stereocenters. The Kier molecular flexibility index (Phi) is 14.7. The maximum absolute atomic E-state index is 4.41. The smallest absolute Gasteiger partial charge is 0.0815 e.